The lowest BCUT2D eigenvalue weighted by molar-refractivity contribution is -0.134. The maximum atomic E-state index is 12.3. The highest BCUT2D eigenvalue weighted by Gasteiger charge is 2.22. The van der Waals surface area contributed by atoms with Gasteiger partial charge in [-0.1, -0.05) is 19.9 Å². The summed E-state index contributed by atoms with van der Waals surface area (Å²) in [6.45, 7) is 7.04. The summed E-state index contributed by atoms with van der Waals surface area (Å²) in [5.74, 6) is 0.165. The first kappa shape index (κ1) is 19.7. The number of piperazine rings is 1. The van der Waals surface area contributed by atoms with Crippen molar-refractivity contribution >= 4 is 45.8 Å². The average Bonchev–Trinajstić information content (AvgIpc) is 2.68. The predicted octanol–water partition coefficient (Wildman–Crippen LogP) is 3.85. The summed E-state index contributed by atoms with van der Waals surface area (Å²) in [7, 11) is 0. The molecule has 2 aromatic rings. The van der Waals surface area contributed by atoms with Crippen LogP contribution >= 0.6 is 22.6 Å². The van der Waals surface area contributed by atoms with Gasteiger partial charge in [0.05, 0.1) is 0 Å². The van der Waals surface area contributed by atoms with Crippen LogP contribution in [-0.2, 0) is 4.79 Å². The van der Waals surface area contributed by atoms with E-state index in [1.54, 1.807) is 0 Å². The minimum Gasteiger partial charge on any atom is -0.368 e. The molecule has 1 fully saturated rings. The van der Waals surface area contributed by atoms with Crippen LogP contribution in [0.2, 0.25) is 0 Å². The molecule has 0 aliphatic carbocycles. The van der Waals surface area contributed by atoms with E-state index in [2.05, 4.69) is 32.8 Å². The van der Waals surface area contributed by atoms with Crippen LogP contribution < -0.4 is 10.2 Å². The van der Waals surface area contributed by atoms with Crippen LogP contribution in [0.5, 0.6) is 0 Å². The van der Waals surface area contributed by atoms with E-state index < -0.39 is 0 Å². The van der Waals surface area contributed by atoms with Crippen molar-refractivity contribution in [3.63, 3.8) is 0 Å². The van der Waals surface area contributed by atoms with E-state index >= 15 is 0 Å². The first-order valence-electron chi connectivity index (χ1n) is 9.15. The Labute approximate surface area is 173 Å². The minimum absolute atomic E-state index is 0.0485. The third-order valence-corrected chi connectivity index (χ3v) is 5.33. The molecule has 142 valence electrons. The number of hydrogen-bond acceptors (Lipinski definition) is 3. The highest BCUT2D eigenvalue weighted by molar-refractivity contribution is 14.1. The molecule has 0 saturated carbocycles. The van der Waals surface area contributed by atoms with Crippen molar-refractivity contribution in [3.8, 4) is 0 Å². The first-order valence-corrected chi connectivity index (χ1v) is 10.2. The SMILES string of the molecule is CC(C)C(=O)N1CCN(c2ccc(NC(=O)c3cccc(I)c3)cc2)CC1. The number of rotatable bonds is 4. The summed E-state index contributed by atoms with van der Waals surface area (Å²) in [5, 5.41) is 2.94. The number of amides is 2. The molecule has 2 amide bonds. The van der Waals surface area contributed by atoms with E-state index in [0.717, 1.165) is 41.1 Å². The van der Waals surface area contributed by atoms with Gasteiger partial charge in [0.1, 0.15) is 0 Å². The zero-order chi connectivity index (χ0) is 19.4. The second-order valence-electron chi connectivity index (χ2n) is 6.98. The number of carbonyl (C=O) groups is 2. The summed E-state index contributed by atoms with van der Waals surface area (Å²) < 4.78 is 1.03. The Morgan fingerprint density at radius 3 is 2.26 bits per heavy atom. The monoisotopic (exact) mass is 477 g/mol. The lowest BCUT2D eigenvalue weighted by Crippen LogP contribution is -2.49. The van der Waals surface area contributed by atoms with E-state index in [-0.39, 0.29) is 17.7 Å². The molecule has 1 saturated heterocycles. The van der Waals surface area contributed by atoms with Gasteiger partial charge < -0.3 is 15.1 Å². The molecule has 5 nitrogen and oxygen atoms in total. The highest BCUT2D eigenvalue weighted by atomic mass is 127. The number of benzene rings is 2. The van der Waals surface area contributed by atoms with Crippen molar-refractivity contribution in [2.75, 3.05) is 36.4 Å². The zero-order valence-electron chi connectivity index (χ0n) is 15.6. The summed E-state index contributed by atoms with van der Waals surface area (Å²) in [6, 6.07) is 15.4. The van der Waals surface area contributed by atoms with E-state index in [1.807, 2.05) is 67.3 Å². The number of nitrogens with one attached hydrogen (secondary N) is 1. The Bertz CT molecular complexity index is 812. The molecule has 6 heteroatoms. The molecular weight excluding hydrogens is 453 g/mol. The van der Waals surface area contributed by atoms with E-state index in [9.17, 15) is 9.59 Å². The lowest BCUT2D eigenvalue weighted by Gasteiger charge is -2.37. The van der Waals surface area contributed by atoms with Crippen molar-refractivity contribution in [3.05, 3.63) is 57.7 Å². The third-order valence-electron chi connectivity index (χ3n) is 4.66. The van der Waals surface area contributed by atoms with Gasteiger partial charge in [0.25, 0.3) is 5.91 Å². The van der Waals surface area contributed by atoms with Crippen LogP contribution in [0, 0.1) is 9.49 Å². The number of anilines is 2. The van der Waals surface area contributed by atoms with Crippen LogP contribution in [0.4, 0.5) is 11.4 Å². The molecule has 1 N–H and O–H groups in total. The van der Waals surface area contributed by atoms with Crippen LogP contribution in [0.15, 0.2) is 48.5 Å². The van der Waals surface area contributed by atoms with Gasteiger partial charge in [-0.3, -0.25) is 9.59 Å². The molecular formula is C21H24IN3O2. The maximum absolute atomic E-state index is 12.3. The van der Waals surface area contributed by atoms with Gasteiger partial charge in [-0.2, -0.15) is 0 Å². The molecule has 0 radical (unpaired) electrons. The topological polar surface area (TPSA) is 52.7 Å². The molecule has 0 bridgehead atoms. The van der Waals surface area contributed by atoms with Gasteiger partial charge >= 0.3 is 0 Å². The van der Waals surface area contributed by atoms with Crippen LogP contribution in [0.1, 0.15) is 24.2 Å². The van der Waals surface area contributed by atoms with E-state index in [1.165, 1.54) is 0 Å². The van der Waals surface area contributed by atoms with E-state index in [4.69, 9.17) is 0 Å². The van der Waals surface area contributed by atoms with Crippen molar-refractivity contribution in [2.24, 2.45) is 5.92 Å². The smallest absolute Gasteiger partial charge is 0.255 e. The minimum atomic E-state index is -0.109. The summed E-state index contributed by atoms with van der Waals surface area (Å²) in [6.07, 6.45) is 0. The lowest BCUT2D eigenvalue weighted by atomic mass is 10.1. The van der Waals surface area contributed by atoms with Gasteiger partial charge in [0.2, 0.25) is 5.91 Å². The fourth-order valence-electron chi connectivity index (χ4n) is 3.14. The zero-order valence-corrected chi connectivity index (χ0v) is 17.8. The Kier molecular flexibility index (Phi) is 6.36. The number of nitrogens with zero attached hydrogens (tertiary/aromatic N) is 2. The first-order chi connectivity index (χ1) is 12.9. The number of hydrogen-bond donors (Lipinski definition) is 1. The average molecular weight is 477 g/mol. The second kappa shape index (κ2) is 8.73. The standard InChI is InChI=1S/C21H24IN3O2/c1-15(2)21(27)25-12-10-24(11-13-25)19-8-6-18(7-9-19)23-20(26)16-4-3-5-17(22)14-16/h3-9,14-15H,10-13H2,1-2H3,(H,23,26). The largest absolute Gasteiger partial charge is 0.368 e. The van der Waals surface area contributed by atoms with Gasteiger partial charge in [-0.25, -0.2) is 0 Å². The molecule has 0 aromatic heterocycles. The molecule has 1 aliphatic rings. The van der Waals surface area contributed by atoms with Gasteiger partial charge in [0, 0.05) is 52.6 Å². The van der Waals surface area contributed by atoms with Crippen molar-refractivity contribution < 1.29 is 9.59 Å². The molecule has 27 heavy (non-hydrogen) atoms. The second-order valence-corrected chi connectivity index (χ2v) is 8.22. The molecule has 0 spiro atoms. The molecule has 0 atom stereocenters. The highest BCUT2D eigenvalue weighted by Crippen LogP contribution is 2.21. The normalized spacial score (nSPS) is 14.4. The van der Waals surface area contributed by atoms with E-state index in [0.29, 0.717) is 5.56 Å². The van der Waals surface area contributed by atoms with Crippen LogP contribution in [0.25, 0.3) is 0 Å². The predicted molar refractivity (Wildman–Crippen MR) is 117 cm³/mol. The van der Waals surface area contributed by atoms with Gasteiger partial charge in [-0.15, -0.1) is 0 Å². The Morgan fingerprint density at radius 1 is 1.00 bits per heavy atom. The Morgan fingerprint density at radius 2 is 1.67 bits per heavy atom. The number of halogens is 1. The maximum Gasteiger partial charge on any atom is 0.255 e. The molecule has 2 aromatic carbocycles. The fraction of sp³-hybridized carbons (Fsp3) is 0.333. The molecule has 1 heterocycles. The van der Waals surface area contributed by atoms with Crippen LogP contribution in [0.3, 0.4) is 0 Å². The molecule has 1 aliphatic heterocycles. The van der Waals surface area contributed by atoms with Gasteiger partial charge in [0.15, 0.2) is 0 Å². The Balaban J connectivity index is 1.58. The summed E-state index contributed by atoms with van der Waals surface area (Å²) in [4.78, 5) is 28.7. The Hall–Kier alpha value is -2.09. The van der Waals surface area contributed by atoms with Crippen molar-refractivity contribution in [1.29, 1.82) is 0 Å². The molecule has 3 rings (SSSR count). The summed E-state index contributed by atoms with van der Waals surface area (Å²) in [5.41, 5.74) is 2.53. The van der Waals surface area contributed by atoms with Crippen LogP contribution in [-0.4, -0.2) is 42.9 Å². The number of carbonyl (C=O) groups excluding carboxylic acids is 2. The quantitative estimate of drug-likeness (QED) is 0.681. The molecule has 0 unspecified atom stereocenters. The van der Waals surface area contributed by atoms with Crippen molar-refractivity contribution in [1.82, 2.24) is 4.90 Å². The van der Waals surface area contributed by atoms with Crippen molar-refractivity contribution in [2.45, 2.75) is 13.8 Å². The third kappa shape index (κ3) is 5.00. The summed E-state index contributed by atoms with van der Waals surface area (Å²) >= 11 is 2.20. The fourth-order valence-corrected chi connectivity index (χ4v) is 3.68. The van der Waals surface area contributed by atoms with Gasteiger partial charge in [-0.05, 0) is 65.1 Å².